The van der Waals surface area contributed by atoms with Crippen LogP contribution >= 0.6 is 0 Å². The lowest BCUT2D eigenvalue weighted by molar-refractivity contribution is -0.122. The molecular weight excluding hydrogens is 210 g/mol. The summed E-state index contributed by atoms with van der Waals surface area (Å²) in [6.07, 6.45) is 10.0. The van der Waals surface area contributed by atoms with Crippen LogP contribution in [0.15, 0.2) is 36.5 Å². The summed E-state index contributed by atoms with van der Waals surface area (Å²) in [5.74, 6) is 0.645. The molecule has 17 heavy (non-hydrogen) atoms. The van der Waals surface area contributed by atoms with Crippen LogP contribution in [0.25, 0.3) is 0 Å². The zero-order valence-electron chi connectivity index (χ0n) is 11.0. The maximum atomic E-state index is 11.3. The first kappa shape index (κ1) is 13.9. The molecule has 94 valence electrons. The summed E-state index contributed by atoms with van der Waals surface area (Å²) in [6, 6.07) is 0. The van der Waals surface area contributed by atoms with Gasteiger partial charge in [-0.25, -0.2) is 0 Å². The minimum atomic E-state index is 0.295. The molecule has 1 saturated heterocycles. The molecular formula is C15H23NO. The van der Waals surface area contributed by atoms with Crippen LogP contribution in [0.3, 0.4) is 0 Å². The third kappa shape index (κ3) is 4.70. The Kier molecular flexibility index (Phi) is 5.92. The fourth-order valence-electron chi connectivity index (χ4n) is 2.19. The van der Waals surface area contributed by atoms with Gasteiger partial charge < -0.3 is 0 Å². The molecule has 0 unspecified atom stereocenters. The molecule has 0 spiro atoms. The van der Waals surface area contributed by atoms with Gasteiger partial charge in [0.05, 0.1) is 0 Å². The minimum Gasteiger partial charge on any atom is -0.300 e. The summed E-state index contributed by atoms with van der Waals surface area (Å²) in [5.41, 5.74) is 1.31. The standard InChI is InChI=1S/C15H23NO/c1-4-6-7-14(5-2)12-16-10-8-15(9-11-16)13(3)17/h4-7,15H,1,8-12H2,2-3H3/b7-6-,14-5+. The van der Waals surface area contributed by atoms with E-state index in [9.17, 15) is 4.79 Å². The van der Waals surface area contributed by atoms with Gasteiger partial charge in [-0.05, 0) is 45.4 Å². The molecule has 2 heteroatoms. The highest BCUT2D eigenvalue weighted by Gasteiger charge is 2.21. The van der Waals surface area contributed by atoms with Gasteiger partial charge in [-0.3, -0.25) is 9.69 Å². The molecule has 0 bridgehead atoms. The average molecular weight is 233 g/mol. The Bertz CT molecular complexity index is 320. The number of nitrogens with zero attached hydrogens (tertiary/aromatic N) is 1. The van der Waals surface area contributed by atoms with Gasteiger partial charge in [-0.2, -0.15) is 0 Å². The number of carbonyl (C=O) groups excluding carboxylic acids is 1. The Morgan fingerprint density at radius 2 is 2.06 bits per heavy atom. The van der Waals surface area contributed by atoms with Crippen LogP contribution in [0, 0.1) is 5.92 Å². The lowest BCUT2D eigenvalue weighted by Crippen LogP contribution is -2.36. The van der Waals surface area contributed by atoms with Crippen molar-refractivity contribution in [3.05, 3.63) is 36.5 Å². The van der Waals surface area contributed by atoms with Gasteiger partial charge in [0.25, 0.3) is 0 Å². The third-order valence-corrected chi connectivity index (χ3v) is 3.39. The van der Waals surface area contributed by atoms with Crippen molar-refractivity contribution >= 4 is 5.78 Å². The van der Waals surface area contributed by atoms with Crippen molar-refractivity contribution < 1.29 is 4.79 Å². The SMILES string of the molecule is C=C/C=C\C(=C/C)CN1CCC(C(C)=O)CC1. The van der Waals surface area contributed by atoms with Crippen molar-refractivity contribution in [1.82, 2.24) is 4.90 Å². The van der Waals surface area contributed by atoms with Crippen LogP contribution in [0.1, 0.15) is 26.7 Å². The molecule has 1 rings (SSSR count). The fourth-order valence-corrected chi connectivity index (χ4v) is 2.19. The van der Waals surface area contributed by atoms with Crippen LogP contribution in [0.4, 0.5) is 0 Å². The lowest BCUT2D eigenvalue weighted by Gasteiger charge is -2.31. The monoisotopic (exact) mass is 233 g/mol. The average Bonchev–Trinajstić information content (AvgIpc) is 2.35. The van der Waals surface area contributed by atoms with E-state index in [4.69, 9.17) is 0 Å². The molecule has 0 aliphatic carbocycles. The Labute approximate surface area is 105 Å². The van der Waals surface area contributed by atoms with Crippen molar-refractivity contribution in [2.24, 2.45) is 5.92 Å². The van der Waals surface area contributed by atoms with E-state index >= 15 is 0 Å². The fraction of sp³-hybridized carbons (Fsp3) is 0.533. The molecule has 0 saturated carbocycles. The van der Waals surface area contributed by atoms with Gasteiger partial charge in [0, 0.05) is 12.5 Å². The zero-order chi connectivity index (χ0) is 12.7. The van der Waals surface area contributed by atoms with Crippen LogP contribution in [-0.2, 0) is 4.79 Å². The van der Waals surface area contributed by atoms with Gasteiger partial charge in [0.15, 0.2) is 0 Å². The number of ketones is 1. The van der Waals surface area contributed by atoms with Crippen molar-refractivity contribution in [1.29, 1.82) is 0 Å². The van der Waals surface area contributed by atoms with Crippen LogP contribution in [0.5, 0.6) is 0 Å². The first-order valence-corrected chi connectivity index (χ1v) is 6.34. The quantitative estimate of drug-likeness (QED) is 0.680. The maximum absolute atomic E-state index is 11.3. The van der Waals surface area contributed by atoms with Crippen LogP contribution < -0.4 is 0 Å². The second-order valence-electron chi connectivity index (χ2n) is 4.62. The van der Waals surface area contributed by atoms with Gasteiger partial charge in [-0.15, -0.1) is 0 Å². The van der Waals surface area contributed by atoms with E-state index in [2.05, 4.69) is 30.6 Å². The van der Waals surface area contributed by atoms with Crippen molar-refractivity contribution in [3.8, 4) is 0 Å². The highest BCUT2D eigenvalue weighted by molar-refractivity contribution is 5.78. The molecule has 1 aliphatic heterocycles. The first-order valence-electron chi connectivity index (χ1n) is 6.34. The zero-order valence-corrected chi connectivity index (χ0v) is 11.0. The van der Waals surface area contributed by atoms with E-state index in [1.165, 1.54) is 5.57 Å². The van der Waals surface area contributed by atoms with E-state index < -0.39 is 0 Å². The molecule has 0 N–H and O–H groups in total. The van der Waals surface area contributed by atoms with Crippen molar-refractivity contribution in [3.63, 3.8) is 0 Å². The Morgan fingerprint density at radius 1 is 1.41 bits per heavy atom. The van der Waals surface area contributed by atoms with Gasteiger partial charge in [0.2, 0.25) is 0 Å². The van der Waals surface area contributed by atoms with Crippen molar-refractivity contribution in [2.75, 3.05) is 19.6 Å². The molecule has 0 atom stereocenters. The molecule has 0 aromatic rings. The highest BCUT2D eigenvalue weighted by Crippen LogP contribution is 2.18. The molecule has 0 aromatic carbocycles. The Morgan fingerprint density at radius 3 is 2.53 bits per heavy atom. The Hall–Kier alpha value is -1.15. The predicted molar refractivity (Wildman–Crippen MR) is 72.9 cm³/mol. The molecule has 0 amide bonds. The maximum Gasteiger partial charge on any atom is 0.133 e. The smallest absolute Gasteiger partial charge is 0.133 e. The summed E-state index contributed by atoms with van der Waals surface area (Å²) in [4.78, 5) is 13.7. The van der Waals surface area contributed by atoms with Gasteiger partial charge in [0.1, 0.15) is 5.78 Å². The number of rotatable bonds is 5. The number of Topliss-reactive ketones (excluding diaryl/α,β-unsaturated/α-hetero) is 1. The summed E-state index contributed by atoms with van der Waals surface area (Å²) in [7, 11) is 0. The molecule has 1 fully saturated rings. The number of hydrogen-bond acceptors (Lipinski definition) is 2. The van der Waals surface area contributed by atoms with E-state index in [1.807, 2.05) is 6.08 Å². The van der Waals surface area contributed by atoms with Crippen LogP contribution in [-0.4, -0.2) is 30.3 Å². The minimum absolute atomic E-state index is 0.295. The summed E-state index contributed by atoms with van der Waals surface area (Å²) >= 11 is 0. The van der Waals surface area contributed by atoms with E-state index in [-0.39, 0.29) is 0 Å². The summed E-state index contributed by atoms with van der Waals surface area (Å²) in [5, 5.41) is 0. The number of allylic oxidation sites excluding steroid dienone is 3. The number of hydrogen-bond donors (Lipinski definition) is 0. The van der Waals surface area contributed by atoms with Gasteiger partial charge >= 0.3 is 0 Å². The van der Waals surface area contributed by atoms with E-state index in [0.29, 0.717) is 11.7 Å². The molecule has 1 aliphatic rings. The number of carbonyl (C=O) groups is 1. The highest BCUT2D eigenvalue weighted by atomic mass is 16.1. The second-order valence-corrected chi connectivity index (χ2v) is 4.62. The summed E-state index contributed by atoms with van der Waals surface area (Å²) < 4.78 is 0. The van der Waals surface area contributed by atoms with E-state index in [0.717, 1.165) is 32.5 Å². The summed E-state index contributed by atoms with van der Waals surface area (Å²) in [6.45, 7) is 10.5. The molecule has 0 radical (unpaired) electrons. The second kappa shape index (κ2) is 7.23. The van der Waals surface area contributed by atoms with Crippen LogP contribution in [0.2, 0.25) is 0 Å². The molecule has 1 heterocycles. The predicted octanol–water partition coefficient (Wildman–Crippen LogP) is 2.98. The topological polar surface area (TPSA) is 20.3 Å². The third-order valence-electron chi connectivity index (χ3n) is 3.39. The molecule has 0 aromatic heterocycles. The van der Waals surface area contributed by atoms with Gasteiger partial charge in [-0.1, -0.05) is 30.9 Å². The normalized spacial score (nSPS) is 19.8. The number of piperidine rings is 1. The lowest BCUT2D eigenvalue weighted by atomic mass is 9.93. The largest absolute Gasteiger partial charge is 0.300 e. The van der Waals surface area contributed by atoms with Crippen molar-refractivity contribution in [2.45, 2.75) is 26.7 Å². The molecule has 2 nitrogen and oxygen atoms in total. The Balaban J connectivity index is 2.42. The number of likely N-dealkylation sites (tertiary alicyclic amines) is 1. The van der Waals surface area contributed by atoms with E-state index in [1.54, 1.807) is 13.0 Å². The first-order chi connectivity index (χ1) is 8.17.